The molecule has 2 aromatic carbocycles. The number of hydrogen-bond acceptors (Lipinski definition) is 5. The van der Waals surface area contributed by atoms with Gasteiger partial charge in [-0.25, -0.2) is 8.78 Å². The predicted molar refractivity (Wildman–Crippen MR) is 119 cm³/mol. The lowest BCUT2D eigenvalue weighted by Crippen LogP contribution is -2.60. The predicted octanol–water partition coefficient (Wildman–Crippen LogP) is 2.88. The number of hydrogen-bond donors (Lipinski definition) is 2. The molecule has 2 N–H and O–H groups in total. The minimum Gasteiger partial charge on any atom is -0.481 e. The number of carbonyl (C=O) groups excluding carboxylic acids is 1. The Morgan fingerprint density at radius 2 is 1.85 bits per heavy atom. The van der Waals surface area contributed by atoms with Gasteiger partial charge < -0.3 is 24.8 Å². The van der Waals surface area contributed by atoms with Gasteiger partial charge in [-0.3, -0.25) is 4.79 Å². The normalized spacial score (nSPS) is 23.6. The molecular weight excluding hydrogens is 430 g/mol. The summed E-state index contributed by atoms with van der Waals surface area (Å²) >= 11 is 0. The molecule has 33 heavy (non-hydrogen) atoms. The fourth-order valence-electron chi connectivity index (χ4n) is 5.03. The standard InChI is InChI=1S/C25H28F2N2O4/c26-25(27)14-20-13-19(5-6-22(20)33-24(25)7-9-28-10-8-24)17-1-3-18(4-2-17)23(31)29-11-12-32-16-21(29)15-30/h1-6,13,21,28,30H,7-12,14-16H2/t21-/m0/s1. The van der Waals surface area contributed by atoms with Crippen LogP contribution < -0.4 is 10.1 Å². The van der Waals surface area contributed by atoms with Crippen molar-refractivity contribution in [2.75, 3.05) is 39.5 Å². The molecule has 3 aliphatic rings. The van der Waals surface area contributed by atoms with Gasteiger partial charge in [0, 0.05) is 36.9 Å². The molecule has 0 radical (unpaired) electrons. The third-order valence-corrected chi connectivity index (χ3v) is 7.02. The summed E-state index contributed by atoms with van der Waals surface area (Å²) in [7, 11) is 0. The van der Waals surface area contributed by atoms with E-state index in [9.17, 15) is 9.90 Å². The molecule has 0 aromatic heterocycles. The van der Waals surface area contributed by atoms with E-state index < -0.39 is 11.5 Å². The van der Waals surface area contributed by atoms with Crippen molar-refractivity contribution in [2.45, 2.75) is 36.8 Å². The van der Waals surface area contributed by atoms with Crippen LogP contribution in [0.3, 0.4) is 0 Å². The van der Waals surface area contributed by atoms with E-state index in [1.165, 1.54) is 0 Å². The number of nitrogens with zero attached hydrogens (tertiary/aromatic N) is 1. The summed E-state index contributed by atoms with van der Waals surface area (Å²) in [5, 5.41) is 12.7. The first-order valence-electron chi connectivity index (χ1n) is 11.4. The molecule has 0 saturated carbocycles. The number of morpholine rings is 1. The van der Waals surface area contributed by atoms with E-state index in [4.69, 9.17) is 9.47 Å². The Kier molecular flexibility index (Phi) is 5.84. The van der Waals surface area contributed by atoms with Crippen molar-refractivity contribution in [1.82, 2.24) is 10.2 Å². The average Bonchev–Trinajstić information content (AvgIpc) is 2.84. The second-order valence-corrected chi connectivity index (χ2v) is 9.04. The van der Waals surface area contributed by atoms with Crippen LogP contribution in [-0.2, 0) is 11.2 Å². The Morgan fingerprint density at radius 1 is 1.12 bits per heavy atom. The molecule has 5 rings (SSSR count). The highest BCUT2D eigenvalue weighted by Crippen LogP contribution is 2.48. The summed E-state index contributed by atoms with van der Waals surface area (Å²) in [5.41, 5.74) is 1.22. The third-order valence-electron chi connectivity index (χ3n) is 7.02. The molecule has 2 aromatic rings. The SMILES string of the molecule is O=C(c1ccc(-c2ccc3c(c2)CC(F)(F)C2(CCNCC2)O3)cc1)N1CCOC[C@@H]1CO. The summed E-state index contributed by atoms with van der Waals surface area (Å²) in [4.78, 5) is 14.5. The van der Waals surface area contributed by atoms with Crippen molar-refractivity contribution in [3.05, 3.63) is 53.6 Å². The van der Waals surface area contributed by atoms with Crippen molar-refractivity contribution >= 4 is 5.91 Å². The fraction of sp³-hybridized carbons (Fsp3) is 0.480. The van der Waals surface area contributed by atoms with Crippen molar-refractivity contribution in [2.24, 2.45) is 0 Å². The molecule has 1 atom stereocenters. The molecule has 0 aliphatic carbocycles. The van der Waals surface area contributed by atoms with Crippen LogP contribution in [0.25, 0.3) is 11.1 Å². The maximum Gasteiger partial charge on any atom is 0.291 e. The fourth-order valence-corrected chi connectivity index (χ4v) is 5.03. The first-order chi connectivity index (χ1) is 15.9. The summed E-state index contributed by atoms with van der Waals surface area (Å²) < 4.78 is 41.5. The minimum absolute atomic E-state index is 0.149. The molecule has 8 heteroatoms. The second-order valence-electron chi connectivity index (χ2n) is 9.04. The van der Waals surface area contributed by atoms with Crippen LogP contribution in [0.1, 0.15) is 28.8 Å². The molecule has 1 spiro atoms. The van der Waals surface area contributed by atoms with Crippen LogP contribution in [0.4, 0.5) is 8.78 Å². The first-order valence-corrected chi connectivity index (χ1v) is 11.4. The number of rotatable bonds is 3. The lowest BCUT2D eigenvalue weighted by Gasteiger charge is -2.46. The summed E-state index contributed by atoms with van der Waals surface area (Å²) in [6.45, 7) is 2.10. The number of fused-ring (bicyclic) bond motifs is 1. The topological polar surface area (TPSA) is 71.0 Å². The second kappa shape index (κ2) is 8.66. The Balaban J connectivity index is 1.36. The lowest BCUT2D eigenvalue weighted by atomic mass is 9.80. The van der Waals surface area contributed by atoms with Gasteiger partial charge in [-0.05, 0) is 48.5 Å². The molecule has 2 fully saturated rings. The van der Waals surface area contributed by atoms with Crippen molar-refractivity contribution in [3.8, 4) is 16.9 Å². The number of piperidine rings is 1. The van der Waals surface area contributed by atoms with Gasteiger partial charge in [0.1, 0.15) is 5.75 Å². The number of aliphatic hydroxyl groups excluding tert-OH is 1. The Bertz CT molecular complexity index is 1020. The van der Waals surface area contributed by atoms with Crippen LogP contribution in [-0.4, -0.2) is 72.9 Å². The number of nitrogens with one attached hydrogen (secondary N) is 1. The summed E-state index contributed by atoms with van der Waals surface area (Å²) in [6, 6.07) is 12.2. The maximum atomic E-state index is 15.1. The number of halogens is 2. The van der Waals surface area contributed by atoms with Gasteiger partial charge in [0.15, 0.2) is 5.60 Å². The van der Waals surface area contributed by atoms with E-state index in [-0.39, 0.29) is 37.8 Å². The molecule has 2 saturated heterocycles. The van der Waals surface area contributed by atoms with Gasteiger partial charge in [0.05, 0.1) is 25.9 Å². The van der Waals surface area contributed by atoms with E-state index in [1.807, 2.05) is 18.2 Å². The largest absolute Gasteiger partial charge is 0.481 e. The number of aliphatic hydroxyl groups is 1. The minimum atomic E-state index is -2.93. The Labute approximate surface area is 191 Å². The lowest BCUT2D eigenvalue weighted by molar-refractivity contribution is -0.187. The molecule has 3 aliphatic heterocycles. The monoisotopic (exact) mass is 458 g/mol. The molecule has 0 unspecified atom stereocenters. The Hall–Kier alpha value is -2.55. The molecule has 1 amide bonds. The summed E-state index contributed by atoms with van der Waals surface area (Å²) in [5.74, 6) is -2.56. The van der Waals surface area contributed by atoms with Gasteiger partial charge in [0.25, 0.3) is 11.8 Å². The van der Waals surface area contributed by atoms with Crippen molar-refractivity contribution in [1.29, 1.82) is 0 Å². The number of alkyl halides is 2. The summed E-state index contributed by atoms with van der Waals surface area (Å²) in [6.07, 6.45) is 0.236. The smallest absolute Gasteiger partial charge is 0.291 e. The molecule has 176 valence electrons. The number of carbonyl (C=O) groups is 1. The van der Waals surface area contributed by atoms with Gasteiger partial charge in [-0.1, -0.05) is 18.2 Å². The number of amides is 1. The molecule has 6 nitrogen and oxygen atoms in total. The van der Waals surface area contributed by atoms with Crippen LogP contribution in [0, 0.1) is 0 Å². The van der Waals surface area contributed by atoms with Crippen LogP contribution in [0.2, 0.25) is 0 Å². The first kappa shape index (κ1) is 22.3. The highest BCUT2D eigenvalue weighted by atomic mass is 19.3. The van der Waals surface area contributed by atoms with Crippen LogP contribution in [0.5, 0.6) is 5.75 Å². The number of benzene rings is 2. The zero-order valence-corrected chi connectivity index (χ0v) is 18.4. The van der Waals surface area contributed by atoms with E-state index in [2.05, 4.69) is 5.32 Å². The van der Waals surface area contributed by atoms with Gasteiger partial charge in [-0.2, -0.15) is 0 Å². The third kappa shape index (κ3) is 4.00. The molecule has 0 bridgehead atoms. The van der Waals surface area contributed by atoms with E-state index >= 15 is 8.78 Å². The highest BCUT2D eigenvalue weighted by molar-refractivity contribution is 5.95. The Morgan fingerprint density at radius 3 is 2.58 bits per heavy atom. The molecular formula is C25H28F2N2O4. The zero-order chi connectivity index (χ0) is 23.1. The van der Waals surface area contributed by atoms with Crippen LogP contribution >= 0.6 is 0 Å². The van der Waals surface area contributed by atoms with Crippen molar-refractivity contribution < 1.29 is 28.2 Å². The maximum absolute atomic E-state index is 15.1. The molecule has 3 heterocycles. The highest BCUT2D eigenvalue weighted by Gasteiger charge is 2.58. The number of ether oxygens (including phenoxy) is 2. The zero-order valence-electron chi connectivity index (χ0n) is 18.4. The van der Waals surface area contributed by atoms with Gasteiger partial charge in [0.2, 0.25) is 0 Å². The van der Waals surface area contributed by atoms with E-state index in [0.29, 0.717) is 49.7 Å². The van der Waals surface area contributed by atoms with Gasteiger partial charge in [-0.15, -0.1) is 0 Å². The van der Waals surface area contributed by atoms with Gasteiger partial charge >= 0.3 is 0 Å². The van der Waals surface area contributed by atoms with E-state index in [0.717, 1.165) is 11.1 Å². The van der Waals surface area contributed by atoms with Crippen molar-refractivity contribution in [3.63, 3.8) is 0 Å². The average molecular weight is 459 g/mol. The van der Waals surface area contributed by atoms with E-state index in [1.54, 1.807) is 29.2 Å². The quantitative estimate of drug-likeness (QED) is 0.740. The van der Waals surface area contributed by atoms with Crippen LogP contribution in [0.15, 0.2) is 42.5 Å².